The number of rotatable bonds is 7. The van der Waals surface area contributed by atoms with Crippen molar-refractivity contribution in [3.63, 3.8) is 0 Å². The van der Waals surface area contributed by atoms with Crippen LogP contribution in [0.25, 0.3) is 0 Å². The number of anilines is 1. The van der Waals surface area contributed by atoms with Crippen LogP contribution in [0.15, 0.2) is 47.5 Å². The molecule has 1 aromatic heterocycles. The number of nitrogens with zero attached hydrogens (tertiary/aromatic N) is 1. The van der Waals surface area contributed by atoms with Gasteiger partial charge in [-0.2, -0.15) is 0 Å². The lowest BCUT2D eigenvalue weighted by Crippen LogP contribution is -2.21. The minimum Gasteiger partial charge on any atom is -0.456 e. The van der Waals surface area contributed by atoms with Crippen LogP contribution in [-0.2, 0) is 14.3 Å². The van der Waals surface area contributed by atoms with Gasteiger partial charge in [0.1, 0.15) is 5.82 Å². The number of pyridine rings is 1. The lowest BCUT2D eigenvalue weighted by Gasteiger charge is -2.06. The highest BCUT2D eigenvalue weighted by Crippen LogP contribution is 2.21. The van der Waals surface area contributed by atoms with Gasteiger partial charge in [0.2, 0.25) is 0 Å². The Labute approximate surface area is 153 Å². The quantitative estimate of drug-likeness (QED) is 0.575. The van der Waals surface area contributed by atoms with Crippen molar-refractivity contribution < 1.29 is 14.3 Å². The van der Waals surface area contributed by atoms with Crippen LogP contribution in [0.5, 0.6) is 0 Å². The lowest BCUT2D eigenvalue weighted by atomic mass is 10.4. The standard InChI is InChI=1S/C16H14Cl2N2O3S/c17-11-1-4-13(5-2-11)24-8-7-16(22)23-10-15(21)20-14-6-3-12(18)9-19-14/h1-6,9H,7-8,10H2,(H,19,20,21). The predicted octanol–water partition coefficient (Wildman–Crippen LogP) is 4.05. The Bertz CT molecular complexity index is 693. The maximum absolute atomic E-state index is 11.6. The van der Waals surface area contributed by atoms with Crippen LogP contribution in [0.1, 0.15) is 6.42 Å². The van der Waals surface area contributed by atoms with Crippen molar-refractivity contribution in [3.05, 3.63) is 52.6 Å². The number of aromatic nitrogens is 1. The number of hydrogen-bond acceptors (Lipinski definition) is 5. The fourth-order valence-electron chi connectivity index (χ4n) is 1.63. The topological polar surface area (TPSA) is 68.3 Å². The van der Waals surface area contributed by atoms with E-state index in [0.29, 0.717) is 21.6 Å². The smallest absolute Gasteiger partial charge is 0.307 e. The average molecular weight is 385 g/mol. The summed E-state index contributed by atoms with van der Waals surface area (Å²) in [6.07, 6.45) is 1.62. The van der Waals surface area contributed by atoms with Crippen LogP contribution >= 0.6 is 35.0 Å². The Morgan fingerprint density at radius 3 is 2.46 bits per heavy atom. The molecule has 126 valence electrons. The van der Waals surface area contributed by atoms with E-state index in [4.69, 9.17) is 27.9 Å². The van der Waals surface area contributed by atoms with Crippen molar-refractivity contribution in [2.75, 3.05) is 17.7 Å². The Morgan fingerprint density at radius 1 is 1.08 bits per heavy atom. The number of amides is 1. The molecule has 0 aliphatic rings. The van der Waals surface area contributed by atoms with E-state index in [-0.39, 0.29) is 13.0 Å². The van der Waals surface area contributed by atoms with Crippen LogP contribution in [0, 0.1) is 0 Å². The van der Waals surface area contributed by atoms with Gasteiger partial charge in [0.25, 0.3) is 5.91 Å². The van der Waals surface area contributed by atoms with Gasteiger partial charge in [0.15, 0.2) is 6.61 Å². The summed E-state index contributed by atoms with van der Waals surface area (Å²) in [7, 11) is 0. The summed E-state index contributed by atoms with van der Waals surface area (Å²) in [6.45, 7) is -0.352. The van der Waals surface area contributed by atoms with Gasteiger partial charge in [-0.3, -0.25) is 9.59 Å². The van der Waals surface area contributed by atoms with Gasteiger partial charge in [-0.15, -0.1) is 11.8 Å². The van der Waals surface area contributed by atoms with E-state index in [1.807, 2.05) is 12.1 Å². The van der Waals surface area contributed by atoms with Crippen molar-refractivity contribution >= 4 is 52.7 Å². The van der Waals surface area contributed by atoms with Gasteiger partial charge in [0.05, 0.1) is 11.4 Å². The molecule has 0 aliphatic heterocycles. The molecule has 24 heavy (non-hydrogen) atoms. The molecule has 1 heterocycles. The first-order chi connectivity index (χ1) is 11.5. The molecular formula is C16H14Cl2N2O3S. The van der Waals surface area contributed by atoms with E-state index in [9.17, 15) is 9.59 Å². The summed E-state index contributed by atoms with van der Waals surface area (Å²) in [5.74, 6) is 0.0128. The molecule has 0 radical (unpaired) electrons. The predicted molar refractivity (Wildman–Crippen MR) is 95.6 cm³/mol. The van der Waals surface area contributed by atoms with Gasteiger partial charge in [-0.25, -0.2) is 4.98 Å². The SMILES string of the molecule is O=C(COC(=O)CCSc1ccc(Cl)cc1)Nc1ccc(Cl)cn1. The lowest BCUT2D eigenvalue weighted by molar-refractivity contribution is -0.146. The molecule has 2 rings (SSSR count). The Balaban J connectivity index is 1.64. The zero-order valence-electron chi connectivity index (χ0n) is 12.5. The van der Waals surface area contributed by atoms with Crippen LogP contribution in [0.3, 0.4) is 0 Å². The van der Waals surface area contributed by atoms with Crippen molar-refractivity contribution in [2.24, 2.45) is 0 Å². The molecule has 2 aromatic rings. The number of thioether (sulfide) groups is 1. The van der Waals surface area contributed by atoms with Crippen LogP contribution in [-0.4, -0.2) is 29.2 Å². The van der Waals surface area contributed by atoms with Gasteiger partial charge >= 0.3 is 5.97 Å². The zero-order valence-corrected chi connectivity index (χ0v) is 14.8. The second kappa shape index (κ2) is 9.52. The van der Waals surface area contributed by atoms with Gasteiger partial charge in [0, 0.05) is 21.9 Å². The molecule has 8 heteroatoms. The summed E-state index contributed by atoms with van der Waals surface area (Å²) in [5.41, 5.74) is 0. The molecule has 0 saturated carbocycles. The minimum atomic E-state index is -0.455. The number of hydrogen-bond donors (Lipinski definition) is 1. The first-order valence-electron chi connectivity index (χ1n) is 6.98. The Hall–Kier alpha value is -1.76. The summed E-state index contributed by atoms with van der Waals surface area (Å²) < 4.78 is 4.92. The normalized spacial score (nSPS) is 10.2. The molecule has 0 atom stereocenters. The Morgan fingerprint density at radius 2 is 1.79 bits per heavy atom. The van der Waals surface area contributed by atoms with Crippen LogP contribution in [0.2, 0.25) is 10.0 Å². The van der Waals surface area contributed by atoms with Gasteiger partial charge < -0.3 is 10.1 Å². The van der Waals surface area contributed by atoms with E-state index in [1.54, 1.807) is 24.3 Å². The molecule has 0 spiro atoms. The highest BCUT2D eigenvalue weighted by molar-refractivity contribution is 7.99. The largest absolute Gasteiger partial charge is 0.456 e. The number of carbonyl (C=O) groups is 2. The Kier molecular flexibility index (Phi) is 7.36. The first-order valence-corrected chi connectivity index (χ1v) is 8.72. The number of benzene rings is 1. The molecule has 5 nitrogen and oxygen atoms in total. The summed E-state index contributed by atoms with van der Waals surface area (Å²) in [4.78, 5) is 28.2. The minimum absolute atomic E-state index is 0.208. The molecule has 0 fully saturated rings. The molecule has 1 N–H and O–H groups in total. The van der Waals surface area contributed by atoms with Crippen molar-refractivity contribution in [1.82, 2.24) is 4.98 Å². The second-order valence-corrected chi connectivity index (χ2v) is 6.66. The number of halogens is 2. The van der Waals surface area contributed by atoms with E-state index in [2.05, 4.69) is 10.3 Å². The number of nitrogens with one attached hydrogen (secondary N) is 1. The third-order valence-corrected chi connectivity index (χ3v) is 4.24. The number of esters is 1. The van der Waals surface area contributed by atoms with Gasteiger partial charge in [-0.1, -0.05) is 23.2 Å². The average Bonchev–Trinajstić information content (AvgIpc) is 2.57. The molecule has 0 bridgehead atoms. The second-order valence-electron chi connectivity index (χ2n) is 4.62. The molecule has 0 unspecified atom stereocenters. The van der Waals surface area contributed by atoms with Crippen LogP contribution in [0.4, 0.5) is 5.82 Å². The van der Waals surface area contributed by atoms with Crippen LogP contribution < -0.4 is 5.32 Å². The highest BCUT2D eigenvalue weighted by atomic mass is 35.5. The number of carbonyl (C=O) groups excluding carboxylic acids is 2. The van der Waals surface area contributed by atoms with E-state index >= 15 is 0 Å². The monoisotopic (exact) mass is 384 g/mol. The third-order valence-electron chi connectivity index (χ3n) is 2.75. The van der Waals surface area contributed by atoms with Crippen molar-refractivity contribution in [3.8, 4) is 0 Å². The molecule has 0 aliphatic carbocycles. The molecule has 1 aromatic carbocycles. The van der Waals surface area contributed by atoms with Crippen molar-refractivity contribution in [1.29, 1.82) is 0 Å². The van der Waals surface area contributed by atoms with E-state index in [1.165, 1.54) is 18.0 Å². The highest BCUT2D eigenvalue weighted by Gasteiger charge is 2.08. The maximum atomic E-state index is 11.6. The summed E-state index contributed by atoms with van der Waals surface area (Å²) in [5, 5.41) is 3.64. The summed E-state index contributed by atoms with van der Waals surface area (Å²) >= 11 is 13.0. The zero-order chi connectivity index (χ0) is 17.4. The fraction of sp³-hybridized carbons (Fsp3) is 0.188. The molecular weight excluding hydrogens is 371 g/mol. The molecule has 0 saturated heterocycles. The summed E-state index contributed by atoms with van der Waals surface area (Å²) in [6, 6.07) is 10.5. The third kappa shape index (κ3) is 6.78. The maximum Gasteiger partial charge on any atom is 0.307 e. The first kappa shape index (κ1) is 18.6. The molecule has 1 amide bonds. The van der Waals surface area contributed by atoms with E-state index < -0.39 is 11.9 Å². The van der Waals surface area contributed by atoms with Gasteiger partial charge in [-0.05, 0) is 36.4 Å². The number of ether oxygens (including phenoxy) is 1. The fourth-order valence-corrected chi connectivity index (χ4v) is 2.70. The van der Waals surface area contributed by atoms with Crippen molar-refractivity contribution in [2.45, 2.75) is 11.3 Å². The van der Waals surface area contributed by atoms with E-state index in [0.717, 1.165) is 4.90 Å².